The first-order valence-electron chi connectivity index (χ1n) is 14.3. The molecule has 218 valence electrons. The van der Waals surface area contributed by atoms with Crippen LogP contribution in [-0.4, -0.2) is 87.4 Å². The molecule has 4 heterocycles. The standard InChI is InChI=1S/C29H41N5O6/c1-28(2,3)40-27(38)33-15-12-29(13-16-33)19-32(17-18-39-29)14-6-8-20-7-5-9-21-24(20)31(4)26(37)34(21)22-10-11-23(35)30-25(22)36/h5,7,9,22H,6,8,10-19H2,1-4H3,(H,30,35,36). The van der Waals surface area contributed by atoms with Crippen LogP contribution in [0, 0.1) is 0 Å². The SMILES string of the molecule is Cn1c(=O)n(C2CCC(=O)NC2=O)c2cccc(CCCN3CCOC4(CCN(C(=O)OC(C)(C)C)CC4)C3)c21. The molecule has 0 aliphatic carbocycles. The lowest BCUT2D eigenvalue weighted by molar-refractivity contribution is -0.136. The minimum absolute atomic E-state index is 0.221. The van der Waals surface area contributed by atoms with Gasteiger partial charge in [-0.15, -0.1) is 0 Å². The van der Waals surface area contributed by atoms with Gasteiger partial charge in [0.15, 0.2) is 0 Å². The monoisotopic (exact) mass is 555 g/mol. The van der Waals surface area contributed by atoms with Crippen molar-refractivity contribution < 1.29 is 23.9 Å². The number of morpholine rings is 1. The van der Waals surface area contributed by atoms with Gasteiger partial charge in [-0.05, 0) is 71.0 Å². The number of imide groups is 1. The lowest BCUT2D eigenvalue weighted by Crippen LogP contribution is -2.57. The average Bonchev–Trinajstić information content (AvgIpc) is 3.14. The smallest absolute Gasteiger partial charge is 0.410 e. The summed E-state index contributed by atoms with van der Waals surface area (Å²) < 4.78 is 15.0. The van der Waals surface area contributed by atoms with Gasteiger partial charge in [-0.25, -0.2) is 9.59 Å². The largest absolute Gasteiger partial charge is 0.444 e. The molecule has 1 aromatic heterocycles. The summed E-state index contributed by atoms with van der Waals surface area (Å²) >= 11 is 0. The van der Waals surface area contributed by atoms with Crippen LogP contribution < -0.4 is 11.0 Å². The molecule has 5 rings (SSSR count). The number of carbonyl (C=O) groups is 3. The fourth-order valence-corrected chi connectivity index (χ4v) is 6.28. The van der Waals surface area contributed by atoms with E-state index in [0.717, 1.165) is 61.9 Å². The molecule has 1 aromatic carbocycles. The number of fused-ring (bicyclic) bond motifs is 1. The van der Waals surface area contributed by atoms with Crippen molar-refractivity contribution in [3.8, 4) is 0 Å². The Morgan fingerprint density at radius 3 is 2.60 bits per heavy atom. The van der Waals surface area contributed by atoms with Crippen molar-refractivity contribution >= 4 is 28.9 Å². The number of benzene rings is 1. The Hall–Kier alpha value is -3.18. The summed E-state index contributed by atoms with van der Waals surface area (Å²) in [6.45, 7) is 10.2. The first-order valence-corrected chi connectivity index (χ1v) is 14.3. The van der Waals surface area contributed by atoms with Crippen molar-refractivity contribution in [2.45, 2.75) is 76.5 Å². The number of ether oxygens (including phenoxy) is 2. The number of rotatable bonds is 5. The fourth-order valence-electron chi connectivity index (χ4n) is 6.28. The minimum Gasteiger partial charge on any atom is -0.444 e. The van der Waals surface area contributed by atoms with Gasteiger partial charge in [0.05, 0.1) is 23.2 Å². The number of piperidine rings is 2. The Bertz CT molecular complexity index is 1350. The highest BCUT2D eigenvalue weighted by atomic mass is 16.6. The lowest BCUT2D eigenvalue weighted by atomic mass is 9.89. The number of para-hydroxylation sites is 1. The molecule has 0 radical (unpaired) electrons. The predicted octanol–water partition coefficient (Wildman–Crippen LogP) is 2.35. The van der Waals surface area contributed by atoms with Gasteiger partial charge in [0.2, 0.25) is 11.8 Å². The van der Waals surface area contributed by atoms with E-state index in [9.17, 15) is 19.2 Å². The number of aryl methyl sites for hydroxylation is 2. The predicted molar refractivity (Wildman–Crippen MR) is 149 cm³/mol. The molecule has 0 bridgehead atoms. The van der Waals surface area contributed by atoms with E-state index >= 15 is 0 Å². The molecule has 3 saturated heterocycles. The third-order valence-electron chi connectivity index (χ3n) is 8.28. The molecular weight excluding hydrogens is 514 g/mol. The van der Waals surface area contributed by atoms with Gasteiger partial charge < -0.3 is 14.4 Å². The summed E-state index contributed by atoms with van der Waals surface area (Å²) in [5, 5.41) is 2.37. The molecule has 40 heavy (non-hydrogen) atoms. The Kier molecular flexibility index (Phi) is 7.80. The number of nitrogens with one attached hydrogen (secondary N) is 1. The molecule has 1 N–H and O–H groups in total. The summed E-state index contributed by atoms with van der Waals surface area (Å²) in [4.78, 5) is 54.1. The zero-order valence-electron chi connectivity index (χ0n) is 24.0. The van der Waals surface area contributed by atoms with Crippen molar-refractivity contribution in [1.29, 1.82) is 0 Å². The molecule has 2 aromatic rings. The topological polar surface area (TPSA) is 115 Å². The van der Waals surface area contributed by atoms with Crippen LogP contribution in [0.4, 0.5) is 4.79 Å². The van der Waals surface area contributed by atoms with E-state index in [0.29, 0.717) is 26.1 Å². The van der Waals surface area contributed by atoms with Crippen LogP contribution >= 0.6 is 0 Å². The second-order valence-corrected chi connectivity index (χ2v) is 12.3. The van der Waals surface area contributed by atoms with Crippen molar-refractivity contribution in [3.05, 3.63) is 34.2 Å². The van der Waals surface area contributed by atoms with E-state index in [1.54, 1.807) is 16.5 Å². The normalized spacial score (nSPS) is 22.1. The Morgan fingerprint density at radius 1 is 1.15 bits per heavy atom. The molecule has 0 saturated carbocycles. The van der Waals surface area contributed by atoms with Crippen LogP contribution in [0.1, 0.15) is 64.5 Å². The second kappa shape index (κ2) is 11.0. The van der Waals surface area contributed by atoms with E-state index in [2.05, 4.69) is 10.2 Å². The van der Waals surface area contributed by atoms with Crippen LogP contribution in [0.3, 0.4) is 0 Å². The van der Waals surface area contributed by atoms with E-state index in [1.165, 1.54) is 4.57 Å². The van der Waals surface area contributed by atoms with E-state index in [1.807, 2.05) is 39.0 Å². The molecule has 11 heteroatoms. The number of hydrogen-bond acceptors (Lipinski definition) is 7. The molecule has 3 aliphatic heterocycles. The van der Waals surface area contributed by atoms with Crippen molar-refractivity contribution in [3.63, 3.8) is 0 Å². The van der Waals surface area contributed by atoms with Crippen molar-refractivity contribution in [2.24, 2.45) is 7.05 Å². The first kappa shape index (κ1) is 28.4. The van der Waals surface area contributed by atoms with Crippen LogP contribution in [0.5, 0.6) is 0 Å². The molecule has 1 atom stereocenters. The van der Waals surface area contributed by atoms with Gasteiger partial charge in [0.1, 0.15) is 11.6 Å². The Morgan fingerprint density at radius 2 is 1.90 bits per heavy atom. The van der Waals surface area contributed by atoms with Gasteiger partial charge in [-0.2, -0.15) is 0 Å². The van der Waals surface area contributed by atoms with Crippen LogP contribution in [0.2, 0.25) is 0 Å². The number of imidazole rings is 1. The number of aromatic nitrogens is 2. The van der Waals surface area contributed by atoms with Crippen LogP contribution in [0.15, 0.2) is 23.0 Å². The number of likely N-dealkylation sites (tertiary alicyclic amines) is 1. The van der Waals surface area contributed by atoms with Crippen molar-refractivity contribution in [1.82, 2.24) is 24.3 Å². The molecular formula is C29H41N5O6. The third kappa shape index (κ3) is 5.81. The van der Waals surface area contributed by atoms with Crippen LogP contribution in [0.25, 0.3) is 11.0 Å². The first-order chi connectivity index (χ1) is 19.0. The third-order valence-corrected chi connectivity index (χ3v) is 8.28. The fraction of sp³-hybridized carbons (Fsp3) is 0.655. The highest BCUT2D eigenvalue weighted by Gasteiger charge is 2.41. The van der Waals surface area contributed by atoms with E-state index in [4.69, 9.17) is 9.47 Å². The quantitative estimate of drug-likeness (QED) is 0.563. The van der Waals surface area contributed by atoms with Crippen LogP contribution in [-0.2, 0) is 32.5 Å². The van der Waals surface area contributed by atoms with E-state index < -0.39 is 17.6 Å². The Balaban J connectivity index is 1.21. The second-order valence-electron chi connectivity index (χ2n) is 12.3. The van der Waals surface area contributed by atoms with Gasteiger partial charge in [0, 0.05) is 39.6 Å². The van der Waals surface area contributed by atoms with Gasteiger partial charge in [-0.1, -0.05) is 12.1 Å². The number of amides is 3. The number of nitrogens with zero attached hydrogens (tertiary/aromatic N) is 4. The maximum atomic E-state index is 13.2. The lowest BCUT2D eigenvalue weighted by Gasteiger charge is -2.47. The average molecular weight is 556 g/mol. The summed E-state index contributed by atoms with van der Waals surface area (Å²) in [5.41, 5.74) is 1.64. The molecule has 3 fully saturated rings. The summed E-state index contributed by atoms with van der Waals surface area (Å²) in [6.07, 6.45) is 3.57. The summed E-state index contributed by atoms with van der Waals surface area (Å²) in [6, 6.07) is 5.17. The van der Waals surface area contributed by atoms with E-state index in [-0.39, 0.29) is 29.7 Å². The highest BCUT2D eigenvalue weighted by Crippen LogP contribution is 2.31. The number of carbonyl (C=O) groups excluding carboxylic acids is 3. The summed E-state index contributed by atoms with van der Waals surface area (Å²) in [5.74, 6) is -0.719. The molecule has 1 spiro atoms. The Labute approximate surface area is 234 Å². The van der Waals surface area contributed by atoms with Crippen molar-refractivity contribution in [2.75, 3.05) is 39.3 Å². The molecule has 3 amide bonds. The molecule has 3 aliphatic rings. The summed E-state index contributed by atoms with van der Waals surface area (Å²) in [7, 11) is 1.74. The highest BCUT2D eigenvalue weighted by molar-refractivity contribution is 6.00. The van der Waals surface area contributed by atoms with Gasteiger partial charge in [-0.3, -0.25) is 28.9 Å². The van der Waals surface area contributed by atoms with Gasteiger partial charge >= 0.3 is 11.8 Å². The van der Waals surface area contributed by atoms with Gasteiger partial charge in [0.25, 0.3) is 0 Å². The zero-order valence-corrected chi connectivity index (χ0v) is 24.0. The maximum Gasteiger partial charge on any atom is 0.410 e. The zero-order chi connectivity index (χ0) is 28.7. The number of hydrogen-bond donors (Lipinski definition) is 1. The molecule has 1 unspecified atom stereocenters. The minimum atomic E-state index is -0.685. The molecule has 11 nitrogen and oxygen atoms in total. The maximum absolute atomic E-state index is 13.2.